The molecule has 0 saturated carbocycles. The molecule has 1 aliphatic heterocycles. The quantitative estimate of drug-likeness (QED) is 0.608. The molecular formula is C20H21N5O2S. The fourth-order valence-electron chi connectivity index (χ4n) is 4.08. The lowest BCUT2D eigenvalue weighted by molar-refractivity contribution is -0.118. The highest BCUT2D eigenvalue weighted by Crippen LogP contribution is 2.49. The third-order valence-electron chi connectivity index (χ3n) is 5.23. The van der Waals surface area contributed by atoms with E-state index in [4.69, 9.17) is 4.42 Å². The molecule has 0 aromatic carbocycles. The summed E-state index contributed by atoms with van der Waals surface area (Å²) in [5.41, 5.74) is 3.64. The van der Waals surface area contributed by atoms with Crippen molar-refractivity contribution in [2.45, 2.75) is 49.8 Å². The van der Waals surface area contributed by atoms with E-state index in [1.54, 1.807) is 12.4 Å². The predicted molar refractivity (Wildman–Crippen MR) is 105 cm³/mol. The third-order valence-corrected chi connectivity index (χ3v) is 6.05. The van der Waals surface area contributed by atoms with Gasteiger partial charge in [-0.1, -0.05) is 13.8 Å². The second kappa shape index (κ2) is 6.13. The number of hydrogen-bond donors (Lipinski definition) is 3. The number of ketones is 1. The first kappa shape index (κ1) is 17.4. The molecule has 7 nitrogen and oxygen atoms in total. The molecule has 0 radical (unpaired) electrons. The number of Topliss-reactive ketones (excluding diaryl/α,β-unsaturated/α-hetero) is 1. The highest BCUT2D eigenvalue weighted by atomic mass is 32.2. The number of nitrogens with zero attached hydrogens (tertiary/aromatic N) is 2. The van der Waals surface area contributed by atoms with E-state index in [1.165, 1.54) is 11.8 Å². The number of hydrogen-bond acceptors (Lipinski definition) is 6. The van der Waals surface area contributed by atoms with E-state index in [0.717, 1.165) is 50.8 Å². The molecule has 0 fully saturated rings. The maximum atomic E-state index is 13.1. The predicted octanol–water partition coefficient (Wildman–Crippen LogP) is 4.39. The smallest absolute Gasteiger partial charge is 0.173 e. The highest BCUT2D eigenvalue weighted by Gasteiger charge is 2.42. The summed E-state index contributed by atoms with van der Waals surface area (Å²) in [7, 11) is 0. The number of aromatic amines is 2. The molecule has 144 valence electrons. The van der Waals surface area contributed by atoms with Gasteiger partial charge in [0.25, 0.3) is 0 Å². The number of fused-ring (bicyclic) bond motifs is 1. The number of allylic oxidation sites excluding steroid dienone is 2. The summed E-state index contributed by atoms with van der Waals surface area (Å²) < 4.78 is 6.16. The van der Waals surface area contributed by atoms with Crippen molar-refractivity contribution in [2.24, 2.45) is 5.41 Å². The van der Waals surface area contributed by atoms with E-state index in [1.807, 2.05) is 19.1 Å². The summed E-state index contributed by atoms with van der Waals surface area (Å²) in [5.74, 6) is 1.50. The van der Waals surface area contributed by atoms with Gasteiger partial charge in [0.2, 0.25) is 0 Å². The van der Waals surface area contributed by atoms with Crippen LogP contribution >= 0.6 is 11.8 Å². The first-order chi connectivity index (χ1) is 13.4. The van der Waals surface area contributed by atoms with Crippen LogP contribution in [0.2, 0.25) is 0 Å². The van der Waals surface area contributed by atoms with Crippen LogP contribution in [0.3, 0.4) is 0 Å². The number of carbonyl (C=O) groups excluding carboxylic acids is 1. The van der Waals surface area contributed by atoms with Crippen LogP contribution in [0.5, 0.6) is 0 Å². The van der Waals surface area contributed by atoms with Gasteiger partial charge in [-0.05, 0) is 42.7 Å². The molecule has 0 saturated heterocycles. The van der Waals surface area contributed by atoms with Gasteiger partial charge in [-0.25, -0.2) is 4.98 Å². The number of nitrogens with one attached hydrogen (secondary N) is 3. The number of carbonyl (C=O) groups is 1. The van der Waals surface area contributed by atoms with E-state index >= 15 is 0 Å². The minimum Gasteiger partial charge on any atom is -0.453 e. The standard InChI is InChI=1S/C20H21N5O2S/c1-10-8-21-19(23-10)28-15-5-4-14(27-15)16-11-9-22-25-18(11)24-12-6-20(2,3)7-13(26)17(12)16/h4-5,8-9,16H,6-7H2,1-3H3,(H,21,23)(H2,22,24,25). The van der Waals surface area contributed by atoms with Crippen molar-refractivity contribution >= 4 is 23.4 Å². The largest absolute Gasteiger partial charge is 0.453 e. The fourth-order valence-corrected chi connectivity index (χ4v) is 4.86. The lowest BCUT2D eigenvalue weighted by Crippen LogP contribution is -2.33. The summed E-state index contributed by atoms with van der Waals surface area (Å²) in [5, 5.41) is 12.1. The van der Waals surface area contributed by atoms with Gasteiger partial charge in [-0.15, -0.1) is 0 Å². The average Bonchev–Trinajstić information content (AvgIpc) is 3.33. The number of aryl methyl sites for hydroxylation is 1. The molecule has 3 aromatic heterocycles. The van der Waals surface area contributed by atoms with Crippen molar-refractivity contribution in [1.29, 1.82) is 0 Å². The minimum atomic E-state index is -0.249. The Kier molecular flexibility index (Phi) is 3.80. The van der Waals surface area contributed by atoms with Crippen LogP contribution in [-0.4, -0.2) is 25.9 Å². The Morgan fingerprint density at radius 3 is 2.89 bits per heavy atom. The number of H-pyrrole nitrogens is 2. The summed E-state index contributed by atoms with van der Waals surface area (Å²) in [6.07, 6.45) is 4.91. The van der Waals surface area contributed by atoms with Crippen molar-refractivity contribution in [3.05, 3.63) is 52.8 Å². The Balaban J connectivity index is 1.55. The first-order valence-corrected chi connectivity index (χ1v) is 10.1. The van der Waals surface area contributed by atoms with Crippen molar-refractivity contribution in [3.8, 4) is 0 Å². The highest BCUT2D eigenvalue weighted by molar-refractivity contribution is 7.99. The maximum Gasteiger partial charge on any atom is 0.173 e. The van der Waals surface area contributed by atoms with Crippen LogP contribution < -0.4 is 5.32 Å². The summed E-state index contributed by atoms with van der Waals surface area (Å²) in [4.78, 5) is 20.6. The Bertz CT molecular complexity index is 1100. The third kappa shape index (κ3) is 2.88. The SMILES string of the molecule is Cc1cnc(Sc2ccc(C3C4=C(CC(C)(C)CC4=O)Nc4[nH]ncc43)o2)[nH]1. The zero-order valence-electron chi connectivity index (χ0n) is 15.9. The molecule has 3 N–H and O–H groups in total. The molecule has 28 heavy (non-hydrogen) atoms. The van der Waals surface area contributed by atoms with Gasteiger partial charge in [0.05, 0.1) is 12.1 Å². The number of imidazole rings is 1. The maximum absolute atomic E-state index is 13.1. The average molecular weight is 395 g/mol. The second-order valence-corrected chi connectivity index (χ2v) is 9.21. The van der Waals surface area contributed by atoms with Crippen molar-refractivity contribution in [3.63, 3.8) is 0 Å². The Labute approximate surface area is 166 Å². The minimum absolute atomic E-state index is 0.0632. The zero-order valence-corrected chi connectivity index (χ0v) is 16.7. The van der Waals surface area contributed by atoms with Gasteiger partial charge in [0, 0.05) is 35.1 Å². The van der Waals surface area contributed by atoms with Crippen LogP contribution in [-0.2, 0) is 4.79 Å². The van der Waals surface area contributed by atoms with Crippen LogP contribution in [0.15, 0.2) is 50.5 Å². The number of furan rings is 1. The zero-order chi connectivity index (χ0) is 19.5. The van der Waals surface area contributed by atoms with Crippen molar-refractivity contribution in [2.75, 3.05) is 5.32 Å². The molecule has 0 bridgehead atoms. The molecule has 5 rings (SSSR count). The molecule has 1 unspecified atom stereocenters. The molecule has 2 aliphatic rings. The Morgan fingerprint density at radius 2 is 2.11 bits per heavy atom. The van der Waals surface area contributed by atoms with Gasteiger partial charge in [0.15, 0.2) is 16.0 Å². The van der Waals surface area contributed by atoms with Crippen LogP contribution in [0.4, 0.5) is 5.82 Å². The van der Waals surface area contributed by atoms with Gasteiger partial charge in [-0.2, -0.15) is 5.10 Å². The molecular weight excluding hydrogens is 374 g/mol. The first-order valence-electron chi connectivity index (χ1n) is 9.25. The van der Waals surface area contributed by atoms with Crippen LogP contribution in [0.1, 0.15) is 49.6 Å². The lowest BCUT2D eigenvalue weighted by Gasteiger charge is -2.37. The van der Waals surface area contributed by atoms with Gasteiger partial charge in [0.1, 0.15) is 11.6 Å². The summed E-state index contributed by atoms with van der Waals surface area (Å²) in [6, 6.07) is 3.87. The van der Waals surface area contributed by atoms with E-state index in [2.05, 4.69) is 39.3 Å². The Morgan fingerprint density at radius 1 is 1.25 bits per heavy atom. The van der Waals surface area contributed by atoms with Gasteiger partial charge < -0.3 is 14.7 Å². The monoisotopic (exact) mass is 395 g/mol. The molecule has 8 heteroatoms. The lowest BCUT2D eigenvalue weighted by atomic mass is 9.70. The number of anilines is 1. The van der Waals surface area contributed by atoms with E-state index in [0.29, 0.717) is 6.42 Å². The normalized spacial score (nSPS) is 20.7. The molecule has 4 heterocycles. The Hall–Kier alpha value is -2.74. The van der Waals surface area contributed by atoms with E-state index < -0.39 is 0 Å². The van der Waals surface area contributed by atoms with E-state index in [9.17, 15) is 4.79 Å². The number of rotatable bonds is 3. The van der Waals surface area contributed by atoms with Crippen molar-refractivity contribution in [1.82, 2.24) is 20.2 Å². The van der Waals surface area contributed by atoms with E-state index in [-0.39, 0.29) is 17.1 Å². The fraction of sp³-hybridized carbons (Fsp3) is 0.350. The molecule has 3 aromatic rings. The van der Waals surface area contributed by atoms with Gasteiger partial charge in [-0.3, -0.25) is 9.89 Å². The van der Waals surface area contributed by atoms with Gasteiger partial charge >= 0.3 is 0 Å². The van der Waals surface area contributed by atoms with Crippen LogP contribution in [0.25, 0.3) is 0 Å². The van der Waals surface area contributed by atoms with Crippen LogP contribution in [0, 0.1) is 12.3 Å². The topological polar surface area (TPSA) is 99.6 Å². The van der Waals surface area contributed by atoms with Crippen molar-refractivity contribution < 1.29 is 9.21 Å². The summed E-state index contributed by atoms with van der Waals surface area (Å²) >= 11 is 1.43. The molecule has 0 spiro atoms. The molecule has 1 atom stereocenters. The number of aromatic nitrogens is 4. The molecule has 0 amide bonds. The second-order valence-electron chi connectivity index (χ2n) is 8.22. The molecule has 1 aliphatic carbocycles. The summed E-state index contributed by atoms with van der Waals surface area (Å²) in [6.45, 7) is 6.21.